The zero-order valence-electron chi connectivity index (χ0n) is 12.5. The van der Waals surface area contributed by atoms with Crippen LogP contribution in [0.1, 0.15) is 30.8 Å². The average Bonchev–Trinajstić information content (AvgIpc) is 2.96. The Balaban J connectivity index is 2.12. The average molecular weight is 323 g/mol. The van der Waals surface area contributed by atoms with Crippen molar-refractivity contribution in [2.45, 2.75) is 26.3 Å². The number of aliphatic hydroxyl groups is 1. The molecule has 0 aliphatic carbocycles. The van der Waals surface area contributed by atoms with E-state index in [0.29, 0.717) is 17.1 Å². The number of nitrogens with zero attached hydrogens (tertiary/aromatic N) is 1. The number of amides is 1. The van der Waals surface area contributed by atoms with Gasteiger partial charge in [0.05, 0.1) is 0 Å². The number of aliphatic hydroxyl groups excluding tert-OH is 1. The lowest BCUT2D eigenvalue weighted by Gasteiger charge is -2.20. The zero-order chi connectivity index (χ0) is 16.1. The first kappa shape index (κ1) is 16.5. The third kappa shape index (κ3) is 4.08. The van der Waals surface area contributed by atoms with Gasteiger partial charge in [-0.1, -0.05) is 42.7 Å². The van der Waals surface area contributed by atoms with Gasteiger partial charge in [0.1, 0.15) is 5.69 Å². The molecule has 2 aromatic rings. The Morgan fingerprint density at radius 3 is 2.82 bits per heavy atom. The van der Waals surface area contributed by atoms with Crippen molar-refractivity contribution >= 4 is 17.5 Å². The molecule has 2 N–H and O–H groups in total. The topological polar surface area (TPSA) is 75.4 Å². The van der Waals surface area contributed by atoms with E-state index in [1.54, 1.807) is 18.2 Å². The molecule has 0 fully saturated rings. The van der Waals surface area contributed by atoms with Crippen molar-refractivity contribution in [3.63, 3.8) is 0 Å². The van der Waals surface area contributed by atoms with Crippen molar-refractivity contribution < 1.29 is 14.4 Å². The number of carbonyl (C=O) groups excluding carboxylic acids is 1. The van der Waals surface area contributed by atoms with Gasteiger partial charge in [-0.05, 0) is 24.5 Å². The van der Waals surface area contributed by atoms with Crippen molar-refractivity contribution in [1.29, 1.82) is 0 Å². The highest BCUT2D eigenvalue weighted by molar-refractivity contribution is 6.30. The highest BCUT2D eigenvalue weighted by Crippen LogP contribution is 2.22. The van der Waals surface area contributed by atoms with Crippen LogP contribution in [0, 0.1) is 5.92 Å². The van der Waals surface area contributed by atoms with E-state index >= 15 is 0 Å². The number of hydrogen-bond donors (Lipinski definition) is 2. The smallest absolute Gasteiger partial charge is 0.290 e. The zero-order valence-corrected chi connectivity index (χ0v) is 13.3. The number of rotatable bonds is 6. The first-order chi connectivity index (χ1) is 10.5. The Hall–Kier alpha value is -1.85. The minimum atomic E-state index is -0.340. The monoisotopic (exact) mass is 322 g/mol. The molecule has 0 aliphatic heterocycles. The SMILES string of the molecule is CC(C)C(CCO)NC(=O)c1cc(-c2cccc(Cl)c2)no1. The van der Waals surface area contributed by atoms with Crippen LogP contribution in [-0.4, -0.2) is 28.8 Å². The Bertz CT molecular complexity index is 640. The molecule has 6 heteroatoms. The summed E-state index contributed by atoms with van der Waals surface area (Å²) in [6.07, 6.45) is 0.499. The summed E-state index contributed by atoms with van der Waals surface area (Å²) in [6.45, 7) is 3.99. The van der Waals surface area contributed by atoms with Crippen LogP contribution in [0.3, 0.4) is 0 Å². The van der Waals surface area contributed by atoms with Crippen LogP contribution in [0.25, 0.3) is 11.3 Å². The lowest BCUT2D eigenvalue weighted by Crippen LogP contribution is -2.39. The van der Waals surface area contributed by atoms with Crippen LogP contribution < -0.4 is 5.32 Å². The lowest BCUT2D eigenvalue weighted by atomic mass is 10.0. The molecule has 1 aromatic carbocycles. The van der Waals surface area contributed by atoms with Gasteiger partial charge >= 0.3 is 0 Å². The predicted octanol–water partition coefficient (Wildman–Crippen LogP) is 3.13. The number of carbonyl (C=O) groups is 1. The molecule has 0 spiro atoms. The van der Waals surface area contributed by atoms with Gasteiger partial charge in [-0.2, -0.15) is 0 Å². The summed E-state index contributed by atoms with van der Waals surface area (Å²) >= 11 is 5.94. The molecule has 22 heavy (non-hydrogen) atoms. The van der Waals surface area contributed by atoms with Crippen LogP contribution >= 0.6 is 11.6 Å². The van der Waals surface area contributed by atoms with E-state index in [-0.39, 0.29) is 30.2 Å². The van der Waals surface area contributed by atoms with E-state index in [4.69, 9.17) is 21.2 Å². The van der Waals surface area contributed by atoms with Gasteiger partial charge < -0.3 is 14.9 Å². The van der Waals surface area contributed by atoms with Gasteiger partial charge in [0.15, 0.2) is 0 Å². The Labute approximate surface area is 134 Å². The molecule has 1 heterocycles. The Morgan fingerprint density at radius 2 is 2.18 bits per heavy atom. The van der Waals surface area contributed by atoms with E-state index in [9.17, 15) is 4.79 Å². The van der Waals surface area contributed by atoms with Crippen LogP contribution in [0.15, 0.2) is 34.9 Å². The molecule has 1 atom stereocenters. The van der Waals surface area contributed by atoms with E-state index in [1.165, 1.54) is 0 Å². The molecule has 0 bridgehead atoms. The molecule has 118 valence electrons. The molecule has 0 saturated carbocycles. The molecule has 0 radical (unpaired) electrons. The number of benzene rings is 1. The highest BCUT2D eigenvalue weighted by Gasteiger charge is 2.20. The first-order valence-corrected chi connectivity index (χ1v) is 7.53. The summed E-state index contributed by atoms with van der Waals surface area (Å²) in [5, 5.41) is 16.4. The molecule has 5 nitrogen and oxygen atoms in total. The number of aromatic nitrogens is 1. The first-order valence-electron chi connectivity index (χ1n) is 7.15. The quantitative estimate of drug-likeness (QED) is 0.856. The fourth-order valence-corrected chi connectivity index (χ4v) is 2.31. The van der Waals surface area contributed by atoms with Gasteiger partial charge in [-0.15, -0.1) is 0 Å². The second kappa shape index (κ2) is 7.42. The maximum absolute atomic E-state index is 12.2. The van der Waals surface area contributed by atoms with Gasteiger partial charge in [0.2, 0.25) is 5.76 Å². The molecular formula is C16H19ClN2O3. The third-order valence-electron chi connectivity index (χ3n) is 3.42. The minimum Gasteiger partial charge on any atom is -0.396 e. The summed E-state index contributed by atoms with van der Waals surface area (Å²) in [7, 11) is 0. The van der Waals surface area contributed by atoms with E-state index in [2.05, 4.69) is 10.5 Å². The van der Waals surface area contributed by atoms with Crippen LogP contribution in [-0.2, 0) is 0 Å². The maximum Gasteiger partial charge on any atom is 0.290 e. The van der Waals surface area contributed by atoms with Crippen molar-refractivity contribution in [1.82, 2.24) is 10.5 Å². The van der Waals surface area contributed by atoms with Crippen LogP contribution in [0.2, 0.25) is 5.02 Å². The third-order valence-corrected chi connectivity index (χ3v) is 3.65. The fourth-order valence-electron chi connectivity index (χ4n) is 2.12. The molecule has 1 unspecified atom stereocenters. The molecule has 0 aliphatic rings. The number of halogens is 1. The summed E-state index contributed by atoms with van der Waals surface area (Å²) in [6, 6.07) is 8.63. The van der Waals surface area contributed by atoms with Gasteiger partial charge in [-0.25, -0.2) is 0 Å². The molecule has 2 rings (SSSR count). The summed E-state index contributed by atoms with van der Waals surface area (Å²) < 4.78 is 5.11. The van der Waals surface area contributed by atoms with Crippen LogP contribution in [0.4, 0.5) is 0 Å². The van der Waals surface area contributed by atoms with Gasteiger partial charge in [-0.3, -0.25) is 4.79 Å². The Kier molecular flexibility index (Phi) is 5.57. The summed E-state index contributed by atoms with van der Waals surface area (Å²) in [4.78, 5) is 12.2. The molecule has 1 amide bonds. The highest BCUT2D eigenvalue weighted by atomic mass is 35.5. The summed E-state index contributed by atoms with van der Waals surface area (Å²) in [5.74, 6) is 0.0120. The van der Waals surface area contributed by atoms with Crippen molar-refractivity contribution in [3.05, 3.63) is 41.1 Å². The van der Waals surface area contributed by atoms with Crippen molar-refractivity contribution in [2.75, 3.05) is 6.61 Å². The number of nitrogens with one attached hydrogen (secondary N) is 1. The molecular weight excluding hydrogens is 304 g/mol. The standard InChI is InChI=1S/C16H19ClN2O3/c1-10(2)13(6-7-20)18-16(21)15-9-14(19-22-15)11-4-3-5-12(17)8-11/h3-5,8-10,13,20H,6-7H2,1-2H3,(H,18,21). The van der Waals surface area contributed by atoms with Gasteiger partial charge in [0.25, 0.3) is 5.91 Å². The van der Waals surface area contributed by atoms with Crippen molar-refractivity contribution in [2.24, 2.45) is 5.92 Å². The molecule has 1 aromatic heterocycles. The van der Waals surface area contributed by atoms with E-state index < -0.39 is 0 Å². The second-order valence-electron chi connectivity index (χ2n) is 5.42. The van der Waals surface area contributed by atoms with Crippen molar-refractivity contribution in [3.8, 4) is 11.3 Å². The molecule has 0 saturated heterocycles. The normalized spacial score (nSPS) is 12.4. The Morgan fingerprint density at radius 1 is 1.41 bits per heavy atom. The minimum absolute atomic E-state index is 0.0211. The lowest BCUT2D eigenvalue weighted by molar-refractivity contribution is 0.0879. The maximum atomic E-state index is 12.2. The second-order valence-corrected chi connectivity index (χ2v) is 5.86. The largest absolute Gasteiger partial charge is 0.396 e. The van der Waals surface area contributed by atoms with E-state index in [0.717, 1.165) is 5.56 Å². The predicted molar refractivity (Wildman–Crippen MR) is 84.7 cm³/mol. The fraction of sp³-hybridized carbons (Fsp3) is 0.375. The summed E-state index contributed by atoms with van der Waals surface area (Å²) in [5.41, 5.74) is 1.34. The van der Waals surface area contributed by atoms with E-state index in [1.807, 2.05) is 26.0 Å². The van der Waals surface area contributed by atoms with Gasteiger partial charge in [0, 0.05) is 29.3 Å². The number of hydrogen-bond acceptors (Lipinski definition) is 4. The van der Waals surface area contributed by atoms with Crippen LogP contribution in [0.5, 0.6) is 0 Å².